The first kappa shape index (κ1) is 22.5. The predicted octanol–water partition coefficient (Wildman–Crippen LogP) is 4.76. The topological polar surface area (TPSA) is 104 Å². The van der Waals surface area contributed by atoms with E-state index in [4.69, 9.17) is 0 Å². The van der Waals surface area contributed by atoms with Gasteiger partial charge in [-0.15, -0.1) is 0 Å². The van der Waals surface area contributed by atoms with E-state index in [1.165, 1.54) is 5.56 Å². The number of amides is 1. The fourth-order valence-corrected chi connectivity index (χ4v) is 3.61. The minimum absolute atomic E-state index is 0.00315. The Kier molecular flexibility index (Phi) is 6.18. The van der Waals surface area contributed by atoms with Crippen molar-refractivity contribution in [2.24, 2.45) is 0 Å². The van der Waals surface area contributed by atoms with Crippen molar-refractivity contribution in [2.75, 3.05) is 22.5 Å². The molecule has 3 heterocycles. The summed E-state index contributed by atoms with van der Waals surface area (Å²) in [6.45, 7) is 11.1. The van der Waals surface area contributed by atoms with E-state index < -0.39 is 0 Å². The molecule has 0 radical (unpaired) electrons. The van der Waals surface area contributed by atoms with Crippen LogP contribution in [0.1, 0.15) is 56.2 Å². The second kappa shape index (κ2) is 9.05. The van der Waals surface area contributed by atoms with Gasteiger partial charge in [-0.3, -0.25) is 9.78 Å². The number of benzene rings is 1. The fourth-order valence-electron chi connectivity index (χ4n) is 3.61. The molecule has 0 atom stereocenters. The third-order valence-corrected chi connectivity index (χ3v) is 5.32. The molecule has 2 aromatic heterocycles. The van der Waals surface area contributed by atoms with Crippen molar-refractivity contribution in [3.05, 3.63) is 59.5 Å². The number of hydrogen-bond donors (Lipinski definition) is 4. The maximum atomic E-state index is 12.8. The number of fused-ring (bicyclic) bond motifs is 1. The maximum Gasteiger partial charge on any atom is 0.256 e. The molecule has 0 unspecified atom stereocenters. The molecule has 0 bridgehead atoms. The largest absolute Gasteiger partial charge is 0.384 e. The van der Waals surface area contributed by atoms with Crippen LogP contribution in [0.15, 0.2) is 42.7 Å². The van der Waals surface area contributed by atoms with Crippen LogP contribution < -0.4 is 21.3 Å². The highest BCUT2D eigenvalue weighted by molar-refractivity contribution is 5.99. The number of anilines is 5. The van der Waals surface area contributed by atoms with Crippen LogP contribution in [0.5, 0.6) is 0 Å². The lowest BCUT2D eigenvalue weighted by Gasteiger charge is -2.19. The third kappa shape index (κ3) is 5.39. The summed E-state index contributed by atoms with van der Waals surface area (Å²) in [4.78, 5) is 26.4. The Labute approximate surface area is 194 Å². The lowest BCUT2D eigenvalue weighted by atomic mass is 9.91. The molecule has 0 aliphatic carbocycles. The normalized spacial score (nSPS) is 12.8. The van der Waals surface area contributed by atoms with Crippen LogP contribution in [0.4, 0.5) is 28.8 Å². The number of hydrogen-bond acceptors (Lipinski definition) is 7. The standard InChI is InChI=1S/C25H31N7O/c1-15(2)29-23(33)19-14-28-24(31-17-6-7-20-16(12-17)8-10-26-20)32-22(19)30-18-9-11-27-21(13-18)25(3,4)5/h6-7,9,11-15,26H,8,10H2,1-5H3,(H,29,33)(H2,27,28,30,31,32). The average Bonchev–Trinajstić information content (AvgIpc) is 3.21. The molecular weight excluding hydrogens is 414 g/mol. The Morgan fingerprint density at radius 1 is 1.06 bits per heavy atom. The van der Waals surface area contributed by atoms with E-state index in [2.05, 4.69) is 69.1 Å². The lowest BCUT2D eigenvalue weighted by molar-refractivity contribution is 0.0943. The molecule has 0 saturated heterocycles. The van der Waals surface area contributed by atoms with Crippen molar-refractivity contribution in [3.63, 3.8) is 0 Å². The van der Waals surface area contributed by atoms with Crippen molar-refractivity contribution in [3.8, 4) is 0 Å². The lowest BCUT2D eigenvalue weighted by Crippen LogP contribution is -2.31. The van der Waals surface area contributed by atoms with Crippen LogP contribution in [0.3, 0.4) is 0 Å². The van der Waals surface area contributed by atoms with Crippen molar-refractivity contribution in [1.82, 2.24) is 20.3 Å². The molecule has 8 heteroatoms. The van der Waals surface area contributed by atoms with E-state index in [1.807, 2.05) is 32.0 Å². The zero-order valence-electron chi connectivity index (χ0n) is 19.8. The van der Waals surface area contributed by atoms with Gasteiger partial charge in [0, 0.05) is 53.2 Å². The Bertz CT molecular complexity index is 1170. The van der Waals surface area contributed by atoms with Crippen LogP contribution in [0, 0.1) is 0 Å². The Hall–Kier alpha value is -3.68. The summed E-state index contributed by atoms with van der Waals surface area (Å²) in [5.74, 6) is 0.613. The maximum absolute atomic E-state index is 12.8. The van der Waals surface area contributed by atoms with Gasteiger partial charge in [0.25, 0.3) is 5.91 Å². The molecule has 1 amide bonds. The van der Waals surface area contributed by atoms with Gasteiger partial charge < -0.3 is 21.3 Å². The van der Waals surface area contributed by atoms with Gasteiger partial charge in [-0.2, -0.15) is 4.98 Å². The van der Waals surface area contributed by atoms with E-state index >= 15 is 0 Å². The molecule has 4 N–H and O–H groups in total. The Balaban J connectivity index is 1.65. The average molecular weight is 446 g/mol. The van der Waals surface area contributed by atoms with Gasteiger partial charge in [-0.05, 0) is 56.2 Å². The van der Waals surface area contributed by atoms with Crippen LogP contribution in [-0.4, -0.2) is 33.4 Å². The minimum Gasteiger partial charge on any atom is -0.384 e. The molecule has 4 rings (SSSR count). The molecule has 33 heavy (non-hydrogen) atoms. The molecule has 1 aliphatic rings. The molecule has 0 spiro atoms. The molecular formula is C25H31N7O. The molecule has 0 saturated carbocycles. The van der Waals surface area contributed by atoms with Crippen LogP contribution in [0.25, 0.3) is 0 Å². The van der Waals surface area contributed by atoms with Crippen molar-refractivity contribution in [1.29, 1.82) is 0 Å². The number of nitrogens with one attached hydrogen (secondary N) is 4. The molecule has 3 aromatic rings. The van der Waals surface area contributed by atoms with Gasteiger partial charge >= 0.3 is 0 Å². The number of pyridine rings is 1. The van der Waals surface area contributed by atoms with Gasteiger partial charge in [0.1, 0.15) is 11.4 Å². The monoisotopic (exact) mass is 445 g/mol. The van der Waals surface area contributed by atoms with Crippen LogP contribution >= 0.6 is 0 Å². The molecule has 1 aliphatic heterocycles. The predicted molar refractivity (Wildman–Crippen MR) is 133 cm³/mol. The summed E-state index contributed by atoms with van der Waals surface area (Å²) >= 11 is 0. The van der Waals surface area contributed by atoms with Gasteiger partial charge in [-0.25, -0.2) is 4.98 Å². The molecule has 172 valence electrons. The van der Waals surface area contributed by atoms with E-state index in [0.717, 1.165) is 35.7 Å². The highest BCUT2D eigenvalue weighted by atomic mass is 16.1. The number of aromatic nitrogens is 3. The molecule has 1 aromatic carbocycles. The van der Waals surface area contributed by atoms with Crippen LogP contribution in [0.2, 0.25) is 0 Å². The summed E-state index contributed by atoms with van der Waals surface area (Å²) in [5, 5.41) is 12.9. The molecule has 8 nitrogen and oxygen atoms in total. The number of carbonyl (C=O) groups excluding carboxylic acids is 1. The van der Waals surface area contributed by atoms with Crippen molar-refractivity contribution >= 4 is 34.7 Å². The number of carbonyl (C=O) groups is 1. The SMILES string of the molecule is CC(C)NC(=O)c1cnc(Nc2ccc3c(c2)CCN3)nc1Nc1ccnc(C(C)(C)C)c1. The Morgan fingerprint density at radius 2 is 1.85 bits per heavy atom. The second-order valence-corrected chi connectivity index (χ2v) is 9.56. The van der Waals surface area contributed by atoms with Gasteiger partial charge in [0.15, 0.2) is 0 Å². The van der Waals surface area contributed by atoms with Gasteiger partial charge in [0.05, 0.1) is 0 Å². The summed E-state index contributed by atoms with van der Waals surface area (Å²) in [7, 11) is 0. The van der Waals surface area contributed by atoms with E-state index in [9.17, 15) is 4.79 Å². The van der Waals surface area contributed by atoms with Crippen LogP contribution in [-0.2, 0) is 11.8 Å². The van der Waals surface area contributed by atoms with Crippen molar-refractivity contribution < 1.29 is 4.79 Å². The third-order valence-electron chi connectivity index (χ3n) is 5.32. The second-order valence-electron chi connectivity index (χ2n) is 9.56. The number of rotatable bonds is 6. The zero-order chi connectivity index (χ0) is 23.6. The number of nitrogens with zero attached hydrogens (tertiary/aromatic N) is 3. The quantitative estimate of drug-likeness (QED) is 0.434. The Morgan fingerprint density at radius 3 is 2.61 bits per heavy atom. The van der Waals surface area contributed by atoms with Gasteiger partial charge in [-0.1, -0.05) is 20.8 Å². The summed E-state index contributed by atoms with van der Waals surface area (Å²) in [6.07, 6.45) is 4.30. The minimum atomic E-state index is -0.229. The highest BCUT2D eigenvalue weighted by Crippen LogP contribution is 2.28. The first-order chi connectivity index (χ1) is 15.7. The first-order valence-electron chi connectivity index (χ1n) is 11.2. The van der Waals surface area contributed by atoms with E-state index in [0.29, 0.717) is 17.3 Å². The van der Waals surface area contributed by atoms with E-state index in [1.54, 1.807) is 12.4 Å². The smallest absolute Gasteiger partial charge is 0.256 e. The summed E-state index contributed by atoms with van der Waals surface area (Å²) in [5.41, 5.74) is 5.36. The fraction of sp³-hybridized carbons (Fsp3) is 0.360. The zero-order valence-corrected chi connectivity index (χ0v) is 19.8. The summed E-state index contributed by atoms with van der Waals surface area (Å²) < 4.78 is 0. The highest BCUT2D eigenvalue weighted by Gasteiger charge is 2.19. The van der Waals surface area contributed by atoms with E-state index in [-0.39, 0.29) is 17.4 Å². The van der Waals surface area contributed by atoms with Gasteiger partial charge in [0.2, 0.25) is 5.95 Å². The van der Waals surface area contributed by atoms with Crippen molar-refractivity contribution in [2.45, 2.75) is 52.5 Å². The first-order valence-corrected chi connectivity index (χ1v) is 11.2. The molecule has 0 fully saturated rings. The summed E-state index contributed by atoms with van der Waals surface area (Å²) in [6, 6.07) is 9.99.